The number of anilines is 2. The van der Waals surface area contributed by atoms with Crippen molar-refractivity contribution in [2.45, 2.75) is 33.2 Å². The van der Waals surface area contributed by atoms with Crippen molar-refractivity contribution in [1.29, 1.82) is 0 Å². The number of H-pyrrole nitrogens is 1. The molecule has 1 unspecified atom stereocenters. The molecule has 0 aliphatic rings. The maximum Gasteiger partial charge on any atom is 0.226 e. The van der Waals surface area contributed by atoms with Gasteiger partial charge < -0.3 is 15.4 Å². The molecule has 0 aromatic carbocycles. The lowest BCUT2D eigenvalue weighted by Crippen LogP contribution is -2.22. The fraction of sp³-hybridized carbons (Fsp3) is 0.615. The number of aromatic nitrogens is 4. The molecule has 0 spiro atoms. The van der Waals surface area contributed by atoms with E-state index < -0.39 is 0 Å². The highest BCUT2D eigenvalue weighted by molar-refractivity contribution is 5.87. The molecule has 0 saturated carbocycles. The molecule has 0 saturated heterocycles. The van der Waals surface area contributed by atoms with Gasteiger partial charge in [0.25, 0.3) is 0 Å². The van der Waals surface area contributed by atoms with Gasteiger partial charge in [-0.1, -0.05) is 6.92 Å². The van der Waals surface area contributed by atoms with Crippen molar-refractivity contribution in [2.75, 3.05) is 30.4 Å². The third-order valence-corrected chi connectivity index (χ3v) is 2.80. The minimum atomic E-state index is 0.168. The van der Waals surface area contributed by atoms with Crippen LogP contribution in [-0.4, -0.2) is 46.0 Å². The van der Waals surface area contributed by atoms with Gasteiger partial charge in [-0.3, -0.25) is 5.10 Å². The number of rotatable bonds is 8. The molecule has 2 heterocycles. The smallest absolute Gasteiger partial charge is 0.226 e. The molecule has 2 aromatic rings. The highest BCUT2D eigenvalue weighted by atomic mass is 16.5. The second-order valence-corrected chi connectivity index (χ2v) is 4.66. The molecule has 0 aliphatic heterocycles. The maximum atomic E-state index is 5.41. The van der Waals surface area contributed by atoms with Crippen LogP contribution >= 0.6 is 0 Å². The van der Waals surface area contributed by atoms with Crippen molar-refractivity contribution < 1.29 is 4.74 Å². The van der Waals surface area contributed by atoms with E-state index in [1.54, 1.807) is 6.20 Å². The summed E-state index contributed by atoms with van der Waals surface area (Å²) in [7, 11) is 0. The molecule has 0 aliphatic carbocycles. The van der Waals surface area contributed by atoms with Crippen LogP contribution in [0.2, 0.25) is 0 Å². The van der Waals surface area contributed by atoms with Crippen molar-refractivity contribution in [3.63, 3.8) is 0 Å². The van der Waals surface area contributed by atoms with Gasteiger partial charge in [0.05, 0.1) is 18.2 Å². The average Bonchev–Trinajstić information content (AvgIpc) is 2.91. The number of ether oxygens (including phenoxy) is 1. The van der Waals surface area contributed by atoms with Gasteiger partial charge in [-0.25, -0.2) is 0 Å². The molecule has 3 N–H and O–H groups in total. The fourth-order valence-electron chi connectivity index (χ4n) is 1.83. The molecule has 0 bridgehead atoms. The summed E-state index contributed by atoms with van der Waals surface area (Å²) in [5.41, 5.74) is 0.727. The second kappa shape index (κ2) is 7.04. The lowest BCUT2D eigenvalue weighted by Gasteiger charge is -2.15. The number of aromatic amines is 1. The summed E-state index contributed by atoms with van der Waals surface area (Å²) < 4.78 is 5.41. The highest BCUT2D eigenvalue weighted by Crippen LogP contribution is 2.20. The van der Waals surface area contributed by atoms with Crippen molar-refractivity contribution in [2.24, 2.45) is 0 Å². The fourth-order valence-corrected chi connectivity index (χ4v) is 1.83. The number of hydrogen-bond donors (Lipinski definition) is 3. The molecular formula is C13H22N6O. The lowest BCUT2D eigenvalue weighted by atomic mass is 10.3. The van der Waals surface area contributed by atoms with E-state index in [9.17, 15) is 0 Å². The van der Waals surface area contributed by atoms with Gasteiger partial charge in [0.15, 0.2) is 5.65 Å². The van der Waals surface area contributed by atoms with Crippen LogP contribution in [0.1, 0.15) is 27.2 Å². The highest BCUT2D eigenvalue weighted by Gasteiger charge is 2.11. The van der Waals surface area contributed by atoms with Crippen molar-refractivity contribution in [3.05, 3.63) is 6.20 Å². The minimum absolute atomic E-state index is 0.168. The second-order valence-electron chi connectivity index (χ2n) is 4.66. The van der Waals surface area contributed by atoms with E-state index >= 15 is 0 Å². The summed E-state index contributed by atoms with van der Waals surface area (Å²) in [5, 5.41) is 14.3. The third-order valence-electron chi connectivity index (χ3n) is 2.80. The lowest BCUT2D eigenvalue weighted by molar-refractivity contribution is 0.141. The first-order valence-electron chi connectivity index (χ1n) is 7.03. The SMILES string of the molecule is CCCNc1nc(NC(C)COCC)c2cn[nH]c2n1. The van der Waals surface area contributed by atoms with Crippen LogP contribution in [0.25, 0.3) is 11.0 Å². The molecular weight excluding hydrogens is 256 g/mol. The Morgan fingerprint density at radius 1 is 1.35 bits per heavy atom. The number of nitrogens with one attached hydrogen (secondary N) is 3. The van der Waals surface area contributed by atoms with E-state index in [0.717, 1.165) is 29.8 Å². The third kappa shape index (κ3) is 3.57. The number of hydrogen-bond acceptors (Lipinski definition) is 6. The summed E-state index contributed by atoms with van der Waals surface area (Å²) >= 11 is 0. The van der Waals surface area contributed by atoms with Crippen LogP contribution in [0.3, 0.4) is 0 Å². The summed E-state index contributed by atoms with van der Waals surface area (Å²) in [4.78, 5) is 8.90. The molecule has 7 heteroatoms. The summed E-state index contributed by atoms with van der Waals surface area (Å²) in [6.45, 7) is 8.33. The summed E-state index contributed by atoms with van der Waals surface area (Å²) in [6.07, 6.45) is 2.75. The zero-order valence-corrected chi connectivity index (χ0v) is 12.2. The first-order chi connectivity index (χ1) is 9.74. The van der Waals surface area contributed by atoms with Crippen molar-refractivity contribution >= 4 is 22.8 Å². The Bertz CT molecular complexity index is 541. The van der Waals surface area contributed by atoms with E-state index in [0.29, 0.717) is 19.2 Å². The zero-order chi connectivity index (χ0) is 14.4. The van der Waals surface area contributed by atoms with E-state index in [-0.39, 0.29) is 6.04 Å². The Balaban J connectivity index is 2.18. The zero-order valence-electron chi connectivity index (χ0n) is 12.2. The Morgan fingerprint density at radius 2 is 2.20 bits per heavy atom. The Kier molecular flexibility index (Phi) is 5.11. The van der Waals surface area contributed by atoms with Gasteiger partial charge in [0.1, 0.15) is 5.82 Å². The first-order valence-corrected chi connectivity index (χ1v) is 7.03. The van der Waals surface area contributed by atoms with Crippen molar-refractivity contribution in [1.82, 2.24) is 20.2 Å². The molecule has 0 radical (unpaired) electrons. The monoisotopic (exact) mass is 278 g/mol. The topological polar surface area (TPSA) is 87.8 Å². The maximum absolute atomic E-state index is 5.41. The molecule has 1 atom stereocenters. The predicted octanol–water partition coefficient (Wildman–Crippen LogP) is 2.01. The molecule has 7 nitrogen and oxygen atoms in total. The van der Waals surface area contributed by atoms with E-state index in [1.807, 2.05) is 6.92 Å². The summed E-state index contributed by atoms with van der Waals surface area (Å²) in [6, 6.07) is 0.168. The van der Waals surface area contributed by atoms with Crippen LogP contribution in [0.15, 0.2) is 6.20 Å². The summed E-state index contributed by atoms with van der Waals surface area (Å²) in [5.74, 6) is 1.38. The quantitative estimate of drug-likeness (QED) is 0.684. The van der Waals surface area contributed by atoms with Gasteiger partial charge >= 0.3 is 0 Å². The average molecular weight is 278 g/mol. The molecule has 20 heavy (non-hydrogen) atoms. The van der Waals surface area contributed by atoms with Gasteiger partial charge in [0.2, 0.25) is 5.95 Å². The van der Waals surface area contributed by atoms with Gasteiger partial charge in [0, 0.05) is 19.2 Å². The number of nitrogens with zero attached hydrogens (tertiary/aromatic N) is 3. The van der Waals surface area contributed by atoms with Crippen LogP contribution in [0.4, 0.5) is 11.8 Å². The normalized spacial score (nSPS) is 12.6. The van der Waals surface area contributed by atoms with Gasteiger partial charge in [-0.2, -0.15) is 15.1 Å². The van der Waals surface area contributed by atoms with Crippen molar-refractivity contribution in [3.8, 4) is 0 Å². The standard InChI is InChI=1S/C13H22N6O/c1-4-6-14-13-17-11(16-9(3)8-20-5-2)10-7-15-19-12(10)18-13/h7,9H,4-6,8H2,1-3H3,(H3,14,15,16,17,18,19). The molecule has 0 fully saturated rings. The van der Waals surface area contributed by atoms with E-state index in [2.05, 4.69) is 44.6 Å². The van der Waals surface area contributed by atoms with E-state index in [1.165, 1.54) is 0 Å². The van der Waals surface area contributed by atoms with Crippen LogP contribution < -0.4 is 10.6 Å². The van der Waals surface area contributed by atoms with E-state index in [4.69, 9.17) is 4.74 Å². The van der Waals surface area contributed by atoms with Crippen LogP contribution in [0.5, 0.6) is 0 Å². The Labute approximate surface area is 118 Å². The molecule has 2 rings (SSSR count). The van der Waals surface area contributed by atoms with Crippen LogP contribution in [-0.2, 0) is 4.74 Å². The molecule has 0 amide bonds. The Morgan fingerprint density at radius 3 is 2.95 bits per heavy atom. The molecule has 110 valence electrons. The Hall–Kier alpha value is -1.89. The first kappa shape index (κ1) is 14.5. The van der Waals surface area contributed by atoms with Gasteiger partial charge in [-0.05, 0) is 20.3 Å². The van der Waals surface area contributed by atoms with Gasteiger partial charge in [-0.15, -0.1) is 0 Å². The number of fused-ring (bicyclic) bond motifs is 1. The minimum Gasteiger partial charge on any atom is -0.380 e. The predicted molar refractivity (Wildman–Crippen MR) is 80.0 cm³/mol. The molecule has 2 aromatic heterocycles. The van der Waals surface area contributed by atoms with Crippen LogP contribution in [0, 0.1) is 0 Å². The largest absolute Gasteiger partial charge is 0.380 e.